The highest BCUT2D eigenvalue weighted by Gasteiger charge is 2.23. The Bertz CT molecular complexity index is 3940. The Morgan fingerprint density at radius 1 is 0.436 bits per heavy atom. The summed E-state index contributed by atoms with van der Waals surface area (Å²) in [4.78, 5) is 1.68. The molecular weight excluding hydrogens is 669 g/mol. The fraction of sp³-hybridized carbons (Fsp3) is 0. The van der Waals surface area contributed by atoms with Crippen LogP contribution >= 0.6 is 0 Å². The number of fused-ring (bicyclic) bond motifs is 8. The average Bonchev–Trinajstić information content (AvgIpc) is 3.96. The number of nitrogens with zero attached hydrogens (tertiary/aromatic N) is 2. The molecule has 0 bridgehead atoms. The molecule has 11 rings (SSSR count). The van der Waals surface area contributed by atoms with Gasteiger partial charge in [0.15, 0.2) is 0 Å². The molecule has 11 aromatic rings. The highest BCUT2D eigenvalue weighted by atomic mass is 16.3. The van der Waals surface area contributed by atoms with Crippen LogP contribution < -0.4 is 4.90 Å². The lowest BCUT2D eigenvalue weighted by molar-refractivity contribution is 0.672. The van der Waals surface area contributed by atoms with Crippen LogP contribution in [0.5, 0.6) is 0 Å². The van der Waals surface area contributed by atoms with E-state index in [2.05, 4.69) is 0 Å². The molecule has 258 valence electrons. The van der Waals surface area contributed by atoms with Crippen molar-refractivity contribution in [2.24, 2.45) is 0 Å². The largest absolute Gasteiger partial charge is 0.455 e. The monoisotopic (exact) mass is 718 g/mol. The molecule has 3 nitrogen and oxygen atoms in total. The van der Waals surface area contributed by atoms with Gasteiger partial charge in [0, 0.05) is 38.3 Å². The molecule has 0 aliphatic heterocycles. The summed E-state index contributed by atoms with van der Waals surface area (Å²) in [5.41, 5.74) is 2.59. The Hall–Kier alpha value is -7.36. The van der Waals surface area contributed by atoms with Crippen molar-refractivity contribution in [1.29, 1.82) is 0 Å². The van der Waals surface area contributed by atoms with E-state index in [0.717, 1.165) is 26.8 Å². The minimum Gasteiger partial charge on any atom is -0.455 e. The number of benzene rings is 9. The number of hydrogen-bond donors (Lipinski definition) is 0. The summed E-state index contributed by atoms with van der Waals surface area (Å²) >= 11 is 0. The Labute approximate surface area is 341 Å². The summed E-state index contributed by atoms with van der Waals surface area (Å²) in [6.07, 6.45) is 0. The number of furan rings is 1. The summed E-state index contributed by atoms with van der Waals surface area (Å²) in [5, 5.41) is -1.69. The molecule has 2 aromatic heterocycles. The highest BCUT2D eigenvalue weighted by Crippen LogP contribution is 2.46. The van der Waals surface area contributed by atoms with Crippen molar-refractivity contribution in [3.63, 3.8) is 0 Å². The molecule has 0 atom stereocenters. The van der Waals surface area contributed by atoms with Gasteiger partial charge in [-0.25, -0.2) is 0 Å². The van der Waals surface area contributed by atoms with E-state index in [4.69, 9.17) is 15.4 Å². The molecule has 0 spiro atoms. The van der Waals surface area contributed by atoms with Gasteiger partial charge in [-0.1, -0.05) is 151 Å². The fourth-order valence-electron chi connectivity index (χ4n) is 7.35. The maximum Gasteiger partial charge on any atom is 0.143 e. The zero-order valence-corrected chi connectivity index (χ0v) is 28.7. The van der Waals surface area contributed by atoms with Gasteiger partial charge in [0.2, 0.25) is 0 Å². The molecule has 0 aliphatic rings. The van der Waals surface area contributed by atoms with Crippen molar-refractivity contribution in [2.75, 3.05) is 4.90 Å². The van der Waals surface area contributed by atoms with Gasteiger partial charge in [-0.05, 0) is 76.7 Å². The van der Waals surface area contributed by atoms with Crippen LogP contribution in [0.1, 0.15) is 21.9 Å². The van der Waals surface area contributed by atoms with E-state index in [0.29, 0.717) is 11.4 Å². The summed E-state index contributed by atoms with van der Waals surface area (Å²) in [5.74, 6) is 0. The lowest BCUT2D eigenvalue weighted by atomic mass is 10.0. The van der Waals surface area contributed by atoms with Crippen LogP contribution in [-0.4, -0.2) is 4.57 Å². The summed E-state index contributed by atoms with van der Waals surface area (Å²) < 4.78 is 154. The normalized spacial score (nSPS) is 15.7. The Morgan fingerprint density at radius 3 is 1.49 bits per heavy atom. The van der Waals surface area contributed by atoms with Crippen molar-refractivity contribution in [2.45, 2.75) is 0 Å². The summed E-state index contributed by atoms with van der Waals surface area (Å²) in [6.45, 7) is 0. The van der Waals surface area contributed by atoms with E-state index in [1.54, 1.807) is 4.90 Å². The van der Waals surface area contributed by atoms with Crippen LogP contribution in [0.2, 0.25) is 0 Å². The second-order valence-corrected chi connectivity index (χ2v) is 12.9. The smallest absolute Gasteiger partial charge is 0.143 e. The predicted octanol–water partition coefficient (Wildman–Crippen LogP) is 14.6. The van der Waals surface area contributed by atoms with Crippen molar-refractivity contribution in [3.05, 3.63) is 206 Å². The van der Waals surface area contributed by atoms with E-state index >= 15 is 0 Å². The Morgan fingerprint density at radius 2 is 0.927 bits per heavy atom. The second-order valence-electron chi connectivity index (χ2n) is 12.9. The summed E-state index contributed by atoms with van der Waals surface area (Å²) in [6, 6.07) is 23.4. The molecule has 0 saturated heterocycles. The van der Waals surface area contributed by atoms with Crippen LogP contribution in [0, 0.1) is 0 Å². The zero-order chi connectivity index (χ0) is 50.2. The number of anilines is 3. The molecule has 55 heavy (non-hydrogen) atoms. The summed E-state index contributed by atoms with van der Waals surface area (Å²) in [7, 11) is 0. The molecule has 0 fully saturated rings. The molecular formula is C52H34N2O. The van der Waals surface area contributed by atoms with Crippen LogP contribution in [-0.2, 0) is 0 Å². The molecule has 0 unspecified atom stereocenters. The van der Waals surface area contributed by atoms with Gasteiger partial charge in [-0.15, -0.1) is 0 Å². The van der Waals surface area contributed by atoms with Gasteiger partial charge in [0.25, 0.3) is 0 Å². The first-order valence-corrected chi connectivity index (χ1v) is 17.5. The standard InChI is InChI=1S/C52H34N2O/c1-3-14-35(15-4-1)37-26-30-39(31-27-37)53(40-32-28-38(29-33-40)36-16-5-2-6-17-36)48-24-13-25-50-51(48)45-34-49(43-20-7-8-21-44(43)52(45)55-50)54-46-22-11-9-18-41(46)42-19-10-12-23-47(42)54/h1-34H/i7D,8D,9D,10D,11D,12D,13D,18D,19D,20D,21D,22D,23D,24D,25D,34D. The van der Waals surface area contributed by atoms with E-state index < -0.39 is 119 Å². The number of rotatable bonds is 6. The number of para-hydroxylation sites is 2. The van der Waals surface area contributed by atoms with Crippen LogP contribution in [0.4, 0.5) is 17.1 Å². The molecule has 0 aliphatic carbocycles. The van der Waals surface area contributed by atoms with Gasteiger partial charge in [-0.3, -0.25) is 0 Å². The van der Waals surface area contributed by atoms with Crippen molar-refractivity contribution >= 4 is 71.6 Å². The minimum atomic E-state index is -0.754. The first-order valence-electron chi connectivity index (χ1n) is 25.5. The fourth-order valence-corrected chi connectivity index (χ4v) is 7.35. The van der Waals surface area contributed by atoms with Gasteiger partial charge < -0.3 is 13.9 Å². The van der Waals surface area contributed by atoms with Gasteiger partial charge in [0.05, 0.1) is 49.7 Å². The Kier molecular flexibility index (Phi) is 4.39. The van der Waals surface area contributed by atoms with Crippen molar-refractivity contribution in [1.82, 2.24) is 4.57 Å². The van der Waals surface area contributed by atoms with Crippen LogP contribution in [0.25, 0.3) is 82.5 Å². The lowest BCUT2D eigenvalue weighted by Crippen LogP contribution is -2.10. The van der Waals surface area contributed by atoms with Crippen molar-refractivity contribution < 1.29 is 26.3 Å². The van der Waals surface area contributed by atoms with Crippen LogP contribution in [0.3, 0.4) is 0 Å². The van der Waals surface area contributed by atoms with Crippen LogP contribution in [0.15, 0.2) is 210 Å². The van der Waals surface area contributed by atoms with Gasteiger partial charge >= 0.3 is 0 Å². The quantitative estimate of drug-likeness (QED) is 0.171. The first-order chi connectivity index (χ1) is 34.0. The second kappa shape index (κ2) is 12.6. The third-order valence-electron chi connectivity index (χ3n) is 9.84. The molecule has 3 heteroatoms. The average molecular weight is 719 g/mol. The SMILES string of the molecule is [2H]c1c([2H])c(N(c2ccc(-c3ccccc3)cc2)c2ccc(-c3ccccc3)cc2)c2c(oc3c4c([2H])c([2H])c([2H])c([2H])c4c(-n4c5c([2H])c([2H])c([2H])c([2H])c5c5c([2H])c([2H])c([2H])c([2H])c54)c([2H])c32)c1[2H]. The molecule has 2 heterocycles. The topological polar surface area (TPSA) is 21.3 Å². The molecule has 0 saturated carbocycles. The third-order valence-corrected chi connectivity index (χ3v) is 9.84. The van der Waals surface area contributed by atoms with E-state index in [1.807, 2.05) is 109 Å². The zero-order valence-electron chi connectivity index (χ0n) is 44.7. The van der Waals surface area contributed by atoms with E-state index in [9.17, 15) is 11.0 Å². The van der Waals surface area contributed by atoms with Crippen molar-refractivity contribution in [3.8, 4) is 27.9 Å². The Balaban J connectivity index is 1.35. The maximum atomic E-state index is 10.4. The minimum absolute atomic E-state index is 0.0506. The third kappa shape index (κ3) is 5.05. The van der Waals surface area contributed by atoms with E-state index in [-0.39, 0.29) is 43.8 Å². The number of aromatic nitrogens is 1. The number of hydrogen-bond acceptors (Lipinski definition) is 2. The molecule has 0 amide bonds. The first kappa shape index (κ1) is 19.1. The molecule has 0 N–H and O–H groups in total. The molecule has 0 radical (unpaired) electrons. The highest BCUT2D eigenvalue weighted by molar-refractivity contribution is 6.22. The molecule has 9 aromatic carbocycles. The van der Waals surface area contributed by atoms with Gasteiger partial charge in [0.1, 0.15) is 11.2 Å². The predicted molar refractivity (Wildman–Crippen MR) is 231 cm³/mol. The van der Waals surface area contributed by atoms with Gasteiger partial charge in [-0.2, -0.15) is 0 Å². The lowest BCUT2D eigenvalue weighted by Gasteiger charge is -2.26. The maximum absolute atomic E-state index is 10.4. The van der Waals surface area contributed by atoms with E-state index in [1.165, 1.54) is 0 Å².